The Morgan fingerprint density at radius 1 is 0.875 bits per heavy atom. The SMILES string of the molecule is CCCOCC(COCCCO)(COCCCO)COCC1CO1. The van der Waals surface area contributed by atoms with E-state index in [-0.39, 0.29) is 19.3 Å². The van der Waals surface area contributed by atoms with Gasteiger partial charge in [-0.15, -0.1) is 0 Å². The molecule has 7 heteroatoms. The van der Waals surface area contributed by atoms with E-state index in [2.05, 4.69) is 6.92 Å². The van der Waals surface area contributed by atoms with Gasteiger partial charge in [-0.2, -0.15) is 0 Å². The zero-order valence-electron chi connectivity index (χ0n) is 14.9. The summed E-state index contributed by atoms with van der Waals surface area (Å²) in [6, 6.07) is 0. The Bertz CT molecular complexity index is 272. The Hall–Kier alpha value is -0.280. The van der Waals surface area contributed by atoms with Gasteiger partial charge in [0.25, 0.3) is 0 Å². The summed E-state index contributed by atoms with van der Waals surface area (Å²) in [6.45, 7) is 7.15. The first-order valence-electron chi connectivity index (χ1n) is 8.90. The molecule has 1 fully saturated rings. The molecule has 0 saturated carbocycles. The van der Waals surface area contributed by atoms with Crippen molar-refractivity contribution in [3.05, 3.63) is 0 Å². The number of epoxide rings is 1. The Kier molecular flexibility index (Phi) is 12.6. The van der Waals surface area contributed by atoms with Crippen molar-refractivity contribution < 1.29 is 33.9 Å². The van der Waals surface area contributed by atoms with Crippen LogP contribution in [0.1, 0.15) is 26.2 Å². The van der Waals surface area contributed by atoms with Crippen LogP contribution < -0.4 is 0 Å². The molecule has 1 atom stereocenters. The summed E-state index contributed by atoms with van der Waals surface area (Å²) in [5.41, 5.74) is -0.394. The van der Waals surface area contributed by atoms with Gasteiger partial charge in [0.2, 0.25) is 0 Å². The largest absolute Gasteiger partial charge is 0.396 e. The molecule has 0 aromatic rings. The average Bonchev–Trinajstić information content (AvgIpc) is 3.40. The minimum atomic E-state index is -0.394. The van der Waals surface area contributed by atoms with Crippen LogP contribution in [-0.4, -0.2) is 89.0 Å². The van der Waals surface area contributed by atoms with Gasteiger partial charge in [0.1, 0.15) is 6.10 Å². The standard InChI is InChI=1S/C17H34O7/c1-2-7-20-12-17(13-21-8-3-5-18,14-22-9-4-6-19)15-23-10-16-11-24-16/h16,18-19H,2-15H2,1H3. The van der Waals surface area contributed by atoms with Crippen molar-refractivity contribution in [2.45, 2.75) is 32.3 Å². The molecule has 7 nitrogen and oxygen atoms in total. The zero-order chi connectivity index (χ0) is 17.5. The van der Waals surface area contributed by atoms with Crippen molar-refractivity contribution in [1.82, 2.24) is 0 Å². The summed E-state index contributed by atoms with van der Waals surface area (Å²) in [5, 5.41) is 17.8. The van der Waals surface area contributed by atoms with Crippen LogP contribution in [0.3, 0.4) is 0 Å². The lowest BCUT2D eigenvalue weighted by Gasteiger charge is -2.33. The van der Waals surface area contributed by atoms with Gasteiger partial charge < -0.3 is 33.9 Å². The highest BCUT2D eigenvalue weighted by Crippen LogP contribution is 2.22. The molecule has 0 bridgehead atoms. The summed E-state index contributed by atoms with van der Waals surface area (Å²) in [7, 11) is 0. The monoisotopic (exact) mass is 350 g/mol. The van der Waals surface area contributed by atoms with E-state index in [4.69, 9.17) is 33.9 Å². The first-order valence-corrected chi connectivity index (χ1v) is 8.90. The number of aliphatic hydroxyl groups excluding tert-OH is 2. The summed E-state index contributed by atoms with van der Waals surface area (Å²) >= 11 is 0. The van der Waals surface area contributed by atoms with Crippen molar-refractivity contribution in [1.29, 1.82) is 0 Å². The molecule has 0 radical (unpaired) electrons. The van der Waals surface area contributed by atoms with Gasteiger partial charge in [0, 0.05) is 33.0 Å². The van der Waals surface area contributed by atoms with Crippen molar-refractivity contribution in [3.8, 4) is 0 Å². The minimum Gasteiger partial charge on any atom is -0.396 e. The van der Waals surface area contributed by atoms with E-state index in [1.54, 1.807) is 0 Å². The van der Waals surface area contributed by atoms with E-state index >= 15 is 0 Å². The van der Waals surface area contributed by atoms with Crippen molar-refractivity contribution in [2.75, 3.05) is 72.7 Å². The summed E-state index contributed by atoms with van der Waals surface area (Å²) in [6.07, 6.45) is 2.37. The molecule has 1 rings (SSSR count). The van der Waals surface area contributed by atoms with Crippen LogP contribution in [0.2, 0.25) is 0 Å². The first-order chi connectivity index (χ1) is 11.8. The van der Waals surface area contributed by atoms with Crippen LogP contribution in [-0.2, 0) is 23.7 Å². The third-order valence-corrected chi connectivity index (χ3v) is 3.58. The average molecular weight is 350 g/mol. The summed E-state index contributed by atoms with van der Waals surface area (Å²) < 4.78 is 28.2. The van der Waals surface area contributed by atoms with Gasteiger partial charge in [-0.1, -0.05) is 6.92 Å². The molecule has 0 spiro atoms. The topological polar surface area (TPSA) is 89.9 Å². The Morgan fingerprint density at radius 2 is 1.38 bits per heavy atom. The quantitative estimate of drug-likeness (QED) is 0.276. The number of hydrogen-bond donors (Lipinski definition) is 2. The van der Waals surface area contributed by atoms with Crippen LogP contribution in [0.15, 0.2) is 0 Å². The lowest BCUT2D eigenvalue weighted by Crippen LogP contribution is -2.42. The summed E-state index contributed by atoms with van der Waals surface area (Å²) in [4.78, 5) is 0. The van der Waals surface area contributed by atoms with Crippen molar-refractivity contribution >= 4 is 0 Å². The predicted octanol–water partition coefficient (Wildman–Crippen LogP) is 0.613. The lowest BCUT2D eigenvalue weighted by molar-refractivity contribution is -0.109. The Balaban J connectivity index is 2.50. The molecule has 1 aliphatic rings. The molecule has 1 saturated heterocycles. The molecule has 144 valence electrons. The van der Waals surface area contributed by atoms with Gasteiger partial charge in [0.05, 0.1) is 45.1 Å². The van der Waals surface area contributed by atoms with Crippen LogP contribution >= 0.6 is 0 Å². The van der Waals surface area contributed by atoms with Gasteiger partial charge in [0.15, 0.2) is 0 Å². The second-order valence-corrected chi connectivity index (χ2v) is 6.28. The lowest BCUT2D eigenvalue weighted by atomic mass is 9.92. The van der Waals surface area contributed by atoms with Crippen LogP contribution in [0, 0.1) is 5.41 Å². The Morgan fingerprint density at radius 3 is 1.83 bits per heavy atom. The van der Waals surface area contributed by atoms with E-state index in [0.29, 0.717) is 65.7 Å². The highest BCUT2D eigenvalue weighted by Gasteiger charge is 2.33. The smallest absolute Gasteiger partial charge is 0.104 e. The first kappa shape index (κ1) is 21.8. The maximum Gasteiger partial charge on any atom is 0.104 e. The molecular formula is C17H34O7. The molecule has 1 aliphatic heterocycles. The molecule has 1 heterocycles. The van der Waals surface area contributed by atoms with Gasteiger partial charge in [-0.25, -0.2) is 0 Å². The fourth-order valence-corrected chi connectivity index (χ4v) is 2.16. The summed E-state index contributed by atoms with van der Waals surface area (Å²) in [5.74, 6) is 0. The van der Waals surface area contributed by atoms with Crippen LogP contribution in [0.4, 0.5) is 0 Å². The number of hydrogen-bond acceptors (Lipinski definition) is 7. The van der Waals surface area contributed by atoms with E-state index < -0.39 is 5.41 Å². The van der Waals surface area contributed by atoms with E-state index in [1.165, 1.54) is 0 Å². The number of aliphatic hydroxyl groups is 2. The number of ether oxygens (including phenoxy) is 5. The van der Waals surface area contributed by atoms with E-state index in [0.717, 1.165) is 13.0 Å². The predicted molar refractivity (Wildman–Crippen MR) is 89.1 cm³/mol. The normalized spacial score (nSPS) is 17.4. The highest BCUT2D eigenvalue weighted by molar-refractivity contribution is 4.80. The number of rotatable bonds is 18. The van der Waals surface area contributed by atoms with Crippen molar-refractivity contribution in [3.63, 3.8) is 0 Å². The van der Waals surface area contributed by atoms with Crippen LogP contribution in [0.25, 0.3) is 0 Å². The molecule has 0 aliphatic carbocycles. The van der Waals surface area contributed by atoms with E-state index in [9.17, 15) is 0 Å². The Labute approximate surface area is 145 Å². The minimum absolute atomic E-state index is 0.113. The molecular weight excluding hydrogens is 316 g/mol. The fourth-order valence-electron chi connectivity index (χ4n) is 2.16. The maximum absolute atomic E-state index is 8.89. The van der Waals surface area contributed by atoms with Gasteiger partial charge >= 0.3 is 0 Å². The fraction of sp³-hybridized carbons (Fsp3) is 1.00. The molecule has 0 aromatic heterocycles. The molecule has 0 aromatic carbocycles. The third kappa shape index (κ3) is 10.6. The molecule has 0 amide bonds. The van der Waals surface area contributed by atoms with Crippen molar-refractivity contribution in [2.24, 2.45) is 5.41 Å². The molecule has 2 N–H and O–H groups in total. The van der Waals surface area contributed by atoms with E-state index in [1.807, 2.05) is 0 Å². The third-order valence-electron chi connectivity index (χ3n) is 3.58. The maximum atomic E-state index is 8.89. The van der Waals surface area contributed by atoms with Gasteiger partial charge in [-0.05, 0) is 19.3 Å². The zero-order valence-corrected chi connectivity index (χ0v) is 14.9. The van der Waals surface area contributed by atoms with Crippen LogP contribution in [0.5, 0.6) is 0 Å². The second kappa shape index (κ2) is 13.9. The van der Waals surface area contributed by atoms with Gasteiger partial charge in [-0.3, -0.25) is 0 Å². The molecule has 24 heavy (non-hydrogen) atoms. The second-order valence-electron chi connectivity index (χ2n) is 6.28. The molecule has 1 unspecified atom stereocenters. The highest BCUT2D eigenvalue weighted by atomic mass is 16.6.